The summed E-state index contributed by atoms with van der Waals surface area (Å²) in [5.41, 5.74) is 1.25. The molecule has 3 heteroatoms. The maximum absolute atomic E-state index is 6.41. The van der Waals surface area contributed by atoms with E-state index < -0.39 is 0 Å². The molecule has 0 spiro atoms. The minimum absolute atomic E-state index is 0.551. The van der Waals surface area contributed by atoms with Crippen LogP contribution in [0.3, 0.4) is 0 Å². The van der Waals surface area contributed by atoms with Crippen LogP contribution in [-0.4, -0.2) is 9.78 Å². The van der Waals surface area contributed by atoms with Gasteiger partial charge in [0.1, 0.15) is 5.15 Å². The van der Waals surface area contributed by atoms with Gasteiger partial charge in [-0.25, -0.2) is 0 Å². The Balaban J connectivity index is 1.78. The summed E-state index contributed by atoms with van der Waals surface area (Å²) in [6.45, 7) is 0. The summed E-state index contributed by atoms with van der Waals surface area (Å²) in [5.74, 6) is 0.675. The minimum Gasteiger partial charge on any atom is -0.251 e. The van der Waals surface area contributed by atoms with Gasteiger partial charge in [-0.2, -0.15) is 5.10 Å². The fourth-order valence-corrected chi connectivity index (χ4v) is 3.86. The van der Waals surface area contributed by atoms with E-state index in [0.717, 1.165) is 5.15 Å². The predicted octanol–water partition coefficient (Wildman–Crippen LogP) is 5.09. The van der Waals surface area contributed by atoms with Gasteiger partial charge in [0, 0.05) is 5.92 Å². The van der Waals surface area contributed by atoms with Crippen molar-refractivity contribution in [3.63, 3.8) is 0 Å². The molecule has 0 bridgehead atoms. The van der Waals surface area contributed by atoms with Gasteiger partial charge in [0.2, 0.25) is 0 Å². The van der Waals surface area contributed by atoms with Crippen molar-refractivity contribution in [3.8, 4) is 0 Å². The topological polar surface area (TPSA) is 17.8 Å². The lowest BCUT2D eigenvalue weighted by atomic mass is 10.1. The van der Waals surface area contributed by atoms with Gasteiger partial charge in [-0.3, -0.25) is 4.68 Å². The first-order valence-corrected chi connectivity index (χ1v) is 7.97. The van der Waals surface area contributed by atoms with Crippen LogP contribution >= 0.6 is 11.6 Å². The lowest BCUT2D eigenvalue weighted by Gasteiger charge is -2.16. The van der Waals surface area contributed by atoms with Crippen molar-refractivity contribution in [1.82, 2.24) is 9.78 Å². The van der Waals surface area contributed by atoms with E-state index in [1.54, 1.807) is 0 Å². The van der Waals surface area contributed by atoms with E-state index in [9.17, 15) is 0 Å². The van der Waals surface area contributed by atoms with Crippen LogP contribution in [0.1, 0.15) is 81.9 Å². The summed E-state index contributed by atoms with van der Waals surface area (Å²) in [4.78, 5) is 0. The summed E-state index contributed by atoms with van der Waals surface area (Å²) in [6, 6.07) is 2.68. The third-order valence-electron chi connectivity index (χ3n) is 4.65. The zero-order valence-electron chi connectivity index (χ0n) is 11.1. The van der Waals surface area contributed by atoms with Crippen LogP contribution in [0.25, 0.3) is 0 Å². The molecule has 2 aliphatic rings. The van der Waals surface area contributed by atoms with E-state index in [1.165, 1.54) is 69.9 Å². The van der Waals surface area contributed by atoms with E-state index in [0.29, 0.717) is 12.0 Å². The quantitative estimate of drug-likeness (QED) is 0.682. The molecule has 1 aromatic rings. The summed E-state index contributed by atoms with van der Waals surface area (Å²) in [5, 5.41) is 5.71. The van der Waals surface area contributed by atoms with Crippen LogP contribution in [0.5, 0.6) is 0 Å². The van der Waals surface area contributed by atoms with E-state index in [2.05, 4.69) is 10.7 Å². The number of aromatic nitrogens is 2. The van der Waals surface area contributed by atoms with E-state index in [1.807, 2.05) is 0 Å². The molecule has 1 heterocycles. The molecule has 0 N–H and O–H groups in total. The Bertz CT molecular complexity index is 385. The lowest BCUT2D eigenvalue weighted by Crippen LogP contribution is -2.10. The second-order valence-electron chi connectivity index (χ2n) is 5.96. The Morgan fingerprint density at radius 1 is 0.944 bits per heavy atom. The van der Waals surface area contributed by atoms with Crippen LogP contribution in [0.4, 0.5) is 0 Å². The van der Waals surface area contributed by atoms with E-state index >= 15 is 0 Å². The van der Waals surface area contributed by atoms with Gasteiger partial charge in [-0.1, -0.05) is 50.1 Å². The molecular weight excluding hydrogens is 244 g/mol. The monoisotopic (exact) mass is 266 g/mol. The molecule has 18 heavy (non-hydrogen) atoms. The van der Waals surface area contributed by atoms with Crippen molar-refractivity contribution in [2.24, 2.45) is 0 Å². The highest BCUT2D eigenvalue weighted by atomic mass is 35.5. The molecule has 2 fully saturated rings. The molecule has 2 saturated carbocycles. The Labute approximate surface area is 115 Å². The average molecular weight is 267 g/mol. The molecule has 0 unspecified atom stereocenters. The second-order valence-corrected chi connectivity index (χ2v) is 6.35. The van der Waals surface area contributed by atoms with E-state index in [4.69, 9.17) is 16.7 Å². The minimum atomic E-state index is 0.551. The molecule has 0 aliphatic heterocycles. The molecule has 100 valence electrons. The summed E-state index contributed by atoms with van der Waals surface area (Å²) < 4.78 is 2.13. The first-order chi connectivity index (χ1) is 8.84. The molecule has 3 rings (SSSR count). The number of nitrogens with zero attached hydrogens (tertiary/aromatic N) is 2. The van der Waals surface area contributed by atoms with Gasteiger partial charge in [0.25, 0.3) is 0 Å². The molecule has 0 saturated heterocycles. The maximum atomic E-state index is 6.41. The lowest BCUT2D eigenvalue weighted by molar-refractivity contribution is 0.401. The van der Waals surface area contributed by atoms with Crippen molar-refractivity contribution < 1.29 is 0 Å². The zero-order chi connectivity index (χ0) is 12.4. The van der Waals surface area contributed by atoms with Gasteiger partial charge in [-0.05, 0) is 31.7 Å². The normalized spacial score (nSPS) is 23.4. The Morgan fingerprint density at radius 3 is 2.22 bits per heavy atom. The molecule has 0 aromatic carbocycles. The molecule has 0 radical (unpaired) electrons. The van der Waals surface area contributed by atoms with Crippen LogP contribution in [0.15, 0.2) is 6.07 Å². The smallest absolute Gasteiger partial charge is 0.127 e. The fraction of sp³-hybridized carbons (Fsp3) is 0.800. The standard InChI is InChI=1S/C15H23ClN2/c16-15-11-14(12-7-5-6-8-12)17-18(15)13-9-3-1-2-4-10-13/h11-13H,1-10H2. The summed E-state index contributed by atoms with van der Waals surface area (Å²) in [6.07, 6.45) is 13.3. The zero-order valence-corrected chi connectivity index (χ0v) is 11.8. The largest absolute Gasteiger partial charge is 0.251 e. The third kappa shape index (κ3) is 2.59. The van der Waals surface area contributed by atoms with Gasteiger partial charge < -0.3 is 0 Å². The second kappa shape index (κ2) is 5.64. The molecule has 2 aliphatic carbocycles. The number of halogens is 1. The number of hydrogen-bond acceptors (Lipinski definition) is 1. The first-order valence-electron chi connectivity index (χ1n) is 7.59. The summed E-state index contributed by atoms with van der Waals surface area (Å²) >= 11 is 6.41. The average Bonchev–Trinajstić information content (AvgIpc) is 2.93. The molecule has 1 aromatic heterocycles. The van der Waals surface area contributed by atoms with Crippen LogP contribution in [0.2, 0.25) is 5.15 Å². The fourth-order valence-electron chi connectivity index (χ4n) is 3.57. The van der Waals surface area contributed by atoms with Crippen molar-refractivity contribution in [3.05, 3.63) is 16.9 Å². The van der Waals surface area contributed by atoms with Crippen LogP contribution < -0.4 is 0 Å². The Hall–Kier alpha value is -0.500. The molecule has 0 amide bonds. The molecule has 0 atom stereocenters. The number of hydrogen-bond donors (Lipinski definition) is 0. The molecule has 2 nitrogen and oxygen atoms in total. The highest BCUT2D eigenvalue weighted by molar-refractivity contribution is 6.29. The highest BCUT2D eigenvalue weighted by Gasteiger charge is 2.23. The first kappa shape index (κ1) is 12.5. The predicted molar refractivity (Wildman–Crippen MR) is 75.2 cm³/mol. The van der Waals surface area contributed by atoms with Crippen molar-refractivity contribution >= 4 is 11.6 Å². The molecular formula is C15H23ClN2. The van der Waals surface area contributed by atoms with Crippen LogP contribution in [-0.2, 0) is 0 Å². The maximum Gasteiger partial charge on any atom is 0.127 e. The van der Waals surface area contributed by atoms with Crippen LogP contribution in [0, 0.1) is 0 Å². The van der Waals surface area contributed by atoms with Crippen molar-refractivity contribution in [1.29, 1.82) is 0 Å². The van der Waals surface area contributed by atoms with Gasteiger partial charge in [0.05, 0.1) is 11.7 Å². The highest BCUT2D eigenvalue weighted by Crippen LogP contribution is 2.36. The van der Waals surface area contributed by atoms with E-state index in [-0.39, 0.29) is 0 Å². The van der Waals surface area contributed by atoms with Gasteiger partial charge in [0.15, 0.2) is 0 Å². The van der Waals surface area contributed by atoms with Gasteiger partial charge in [-0.15, -0.1) is 0 Å². The third-order valence-corrected chi connectivity index (χ3v) is 4.94. The van der Waals surface area contributed by atoms with Crippen molar-refractivity contribution in [2.75, 3.05) is 0 Å². The van der Waals surface area contributed by atoms with Crippen molar-refractivity contribution in [2.45, 2.75) is 76.2 Å². The Morgan fingerprint density at radius 2 is 1.56 bits per heavy atom. The summed E-state index contributed by atoms with van der Waals surface area (Å²) in [7, 11) is 0. The van der Waals surface area contributed by atoms with Gasteiger partial charge >= 0.3 is 0 Å². The SMILES string of the molecule is Clc1cc(C2CCCC2)nn1C1CCCCCC1. The number of rotatable bonds is 2. The Kier molecular flexibility index (Phi) is 3.93.